The molecule has 2 heterocycles. The minimum absolute atomic E-state index is 0.691. The van der Waals surface area contributed by atoms with Gasteiger partial charge in [-0.3, -0.25) is 0 Å². The Balaban J connectivity index is 1.48. The molecule has 1 saturated heterocycles. The molecular weight excluding hydrogens is 358 g/mol. The molecule has 0 amide bonds. The average molecular weight is 382 g/mol. The highest BCUT2D eigenvalue weighted by Gasteiger charge is 2.13. The Morgan fingerprint density at radius 2 is 1.70 bits per heavy atom. The van der Waals surface area contributed by atoms with Crippen molar-refractivity contribution < 1.29 is 9.47 Å². The third-order valence-electron chi connectivity index (χ3n) is 4.77. The number of thiazole rings is 1. The normalized spacial score (nSPS) is 13.6. The molecule has 5 nitrogen and oxygen atoms in total. The Labute approximate surface area is 163 Å². The van der Waals surface area contributed by atoms with Crippen molar-refractivity contribution in [1.29, 1.82) is 0 Å². The number of rotatable bonds is 6. The minimum Gasteiger partial charge on any atom is -0.493 e. The molecule has 4 rings (SSSR count). The number of anilines is 3. The van der Waals surface area contributed by atoms with E-state index in [0.717, 1.165) is 35.2 Å². The van der Waals surface area contributed by atoms with Crippen LogP contribution in [0.5, 0.6) is 11.5 Å². The summed E-state index contributed by atoms with van der Waals surface area (Å²) in [5, 5.41) is 6.27. The number of ether oxygens (including phenoxy) is 2. The predicted molar refractivity (Wildman–Crippen MR) is 112 cm³/mol. The van der Waals surface area contributed by atoms with Gasteiger partial charge in [-0.25, -0.2) is 4.98 Å². The molecule has 6 heteroatoms. The molecule has 2 aromatic carbocycles. The van der Waals surface area contributed by atoms with Gasteiger partial charge in [0.05, 0.1) is 19.9 Å². The lowest BCUT2D eigenvalue weighted by atomic mass is 10.1. The Hall–Kier alpha value is -2.73. The lowest BCUT2D eigenvalue weighted by Crippen LogP contribution is -2.17. The fourth-order valence-electron chi connectivity index (χ4n) is 3.32. The van der Waals surface area contributed by atoms with Gasteiger partial charge < -0.3 is 19.7 Å². The molecule has 0 aliphatic carbocycles. The minimum atomic E-state index is 0.691. The molecular formula is C21H23N3O2S. The fourth-order valence-corrected chi connectivity index (χ4v) is 4.06. The van der Waals surface area contributed by atoms with Crippen LogP contribution in [0.15, 0.2) is 47.8 Å². The van der Waals surface area contributed by atoms with E-state index in [1.54, 1.807) is 25.6 Å². The summed E-state index contributed by atoms with van der Waals surface area (Å²) in [5.41, 5.74) is 4.33. The summed E-state index contributed by atoms with van der Waals surface area (Å²) in [7, 11) is 3.27. The van der Waals surface area contributed by atoms with Gasteiger partial charge in [0.2, 0.25) is 0 Å². The van der Waals surface area contributed by atoms with Crippen LogP contribution in [-0.4, -0.2) is 32.3 Å². The van der Waals surface area contributed by atoms with Crippen molar-refractivity contribution in [3.05, 3.63) is 47.8 Å². The molecule has 27 heavy (non-hydrogen) atoms. The molecule has 1 aliphatic heterocycles. The van der Waals surface area contributed by atoms with Crippen LogP contribution in [0.1, 0.15) is 12.8 Å². The summed E-state index contributed by atoms with van der Waals surface area (Å²) in [6, 6.07) is 14.4. The molecule has 0 bridgehead atoms. The monoisotopic (exact) mass is 381 g/mol. The first-order valence-corrected chi connectivity index (χ1v) is 9.95. The number of nitrogens with zero attached hydrogens (tertiary/aromatic N) is 2. The van der Waals surface area contributed by atoms with Gasteiger partial charge in [-0.1, -0.05) is 12.1 Å². The van der Waals surface area contributed by atoms with Crippen molar-refractivity contribution in [3.8, 4) is 22.8 Å². The third-order valence-corrected chi connectivity index (χ3v) is 5.53. The summed E-state index contributed by atoms with van der Waals surface area (Å²) in [6.07, 6.45) is 2.58. The summed E-state index contributed by atoms with van der Waals surface area (Å²) < 4.78 is 10.6. The molecule has 1 N–H and O–H groups in total. The topological polar surface area (TPSA) is 46.6 Å². The zero-order valence-electron chi connectivity index (χ0n) is 15.6. The second-order valence-corrected chi connectivity index (χ2v) is 7.33. The van der Waals surface area contributed by atoms with E-state index in [4.69, 9.17) is 14.5 Å². The van der Waals surface area contributed by atoms with E-state index in [2.05, 4.69) is 39.9 Å². The highest BCUT2D eigenvalue weighted by atomic mass is 32.1. The second kappa shape index (κ2) is 7.88. The number of benzene rings is 2. The summed E-state index contributed by atoms with van der Waals surface area (Å²) >= 11 is 1.59. The number of hydrogen-bond acceptors (Lipinski definition) is 6. The maximum Gasteiger partial charge on any atom is 0.187 e. The van der Waals surface area contributed by atoms with Crippen LogP contribution in [0.3, 0.4) is 0 Å². The average Bonchev–Trinajstić information content (AvgIpc) is 3.40. The summed E-state index contributed by atoms with van der Waals surface area (Å²) in [5.74, 6) is 1.40. The molecule has 1 aliphatic rings. The molecule has 0 saturated carbocycles. The Morgan fingerprint density at radius 3 is 2.41 bits per heavy atom. The maximum atomic E-state index is 5.36. The van der Waals surface area contributed by atoms with Crippen LogP contribution < -0.4 is 19.7 Å². The van der Waals surface area contributed by atoms with Gasteiger partial charge in [0.25, 0.3) is 0 Å². The Morgan fingerprint density at radius 1 is 0.963 bits per heavy atom. The van der Waals surface area contributed by atoms with Gasteiger partial charge in [0.15, 0.2) is 16.6 Å². The highest BCUT2D eigenvalue weighted by Crippen LogP contribution is 2.33. The van der Waals surface area contributed by atoms with Crippen LogP contribution in [0.4, 0.5) is 16.5 Å². The van der Waals surface area contributed by atoms with Crippen molar-refractivity contribution in [3.63, 3.8) is 0 Å². The largest absolute Gasteiger partial charge is 0.493 e. The van der Waals surface area contributed by atoms with Gasteiger partial charge in [0.1, 0.15) is 0 Å². The van der Waals surface area contributed by atoms with Crippen molar-refractivity contribution in [2.45, 2.75) is 12.8 Å². The molecule has 0 unspecified atom stereocenters. The lowest BCUT2D eigenvalue weighted by Gasteiger charge is -2.17. The van der Waals surface area contributed by atoms with Crippen molar-refractivity contribution in [2.75, 3.05) is 37.5 Å². The molecule has 3 aromatic rings. The molecule has 1 fully saturated rings. The smallest absolute Gasteiger partial charge is 0.187 e. The second-order valence-electron chi connectivity index (χ2n) is 6.47. The Bertz CT molecular complexity index is 902. The zero-order valence-corrected chi connectivity index (χ0v) is 16.4. The van der Waals surface area contributed by atoms with Crippen molar-refractivity contribution in [1.82, 2.24) is 4.98 Å². The summed E-state index contributed by atoms with van der Waals surface area (Å²) in [4.78, 5) is 7.16. The molecule has 0 spiro atoms. The number of methoxy groups -OCH3 is 2. The van der Waals surface area contributed by atoms with Gasteiger partial charge in [0, 0.05) is 41.5 Å². The van der Waals surface area contributed by atoms with Crippen LogP contribution in [-0.2, 0) is 0 Å². The van der Waals surface area contributed by atoms with E-state index in [9.17, 15) is 0 Å². The van der Waals surface area contributed by atoms with Gasteiger partial charge in [-0.15, -0.1) is 11.3 Å². The first-order valence-electron chi connectivity index (χ1n) is 9.07. The zero-order chi connectivity index (χ0) is 18.6. The van der Waals surface area contributed by atoms with E-state index >= 15 is 0 Å². The van der Waals surface area contributed by atoms with Gasteiger partial charge in [-0.2, -0.15) is 0 Å². The quantitative estimate of drug-likeness (QED) is 0.638. The molecule has 0 atom stereocenters. The number of nitrogens with one attached hydrogen (secondary N) is 1. The van der Waals surface area contributed by atoms with E-state index in [1.165, 1.54) is 18.5 Å². The lowest BCUT2D eigenvalue weighted by molar-refractivity contribution is 0.355. The van der Waals surface area contributed by atoms with Crippen LogP contribution >= 0.6 is 11.3 Å². The van der Waals surface area contributed by atoms with Gasteiger partial charge >= 0.3 is 0 Å². The van der Waals surface area contributed by atoms with E-state index < -0.39 is 0 Å². The molecule has 0 radical (unpaired) electrons. The van der Waals surface area contributed by atoms with Gasteiger partial charge in [-0.05, 0) is 37.1 Å². The standard InChI is InChI=1S/C21H23N3O2S/c1-25-19-10-7-16(13-20(19)26-2)22-21-23-18(14-27-21)15-5-8-17(9-6-15)24-11-3-4-12-24/h5-10,13-14H,3-4,11-12H2,1-2H3,(H,22,23). The fraction of sp³-hybridized carbons (Fsp3) is 0.286. The number of aromatic nitrogens is 1. The molecule has 140 valence electrons. The van der Waals surface area contributed by atoms with Crippen molar-refractivity contribution >= 4 is 27.8 Å². The van der Waals surface area contributed by atoms with Crippen molar-refractivity contribution in [2.24, 2.45) is 0 Å². The first kappa shape index (κ1) is 17.7. The SMILES string of the molecule is COc1ccc(Nc2nc(-c3ccc(N4CCCC4)cc3)cs2)cc1OC. The molecule has 1 aromatic heterocycles. The predicted octanol–water partition coefficient (Wildman–Crippen LogP) is 5.17. The number of hydrogen-bond donors (Lipinski definition) is 1. The van der Waals surface area contributed by atoms with E-state index in [-0.39, 0.29) is 0 Å². The van der Waals surface area contributed by atoms with Crippen LogP contribution in [0, 0.1) is 0 Å². The first-order chi connectivity index (χ1) is 13.3. The van der Waals surface area contributed by atoms with E-state index in [1.807, 2.05) is 18.2 Å². The third kappa shape index (κ3) is 3.85. The maximum absolute atomic E-state index is 5.36. The van der Waals surface area contributed by atoms with Crippen LogP contribution in [0.2, 0.25) is 0 Å². The summed E-state index contributed by atoms with van der Waals surface area (Å²) in [6.45, 7) is 2.32. The van der Waals surface area contributed by atoms with Crippen LogP contribution in [0.25, 0.3) is 11.3 Å². The highest BCUT2D eigenvalue weighted by molar-refractivity contribution is 7.14. The van der Waals surface area contributed by atoms with E-state index in [0.29, 0.717) is 11.5 Å². The Kier molecular flexibility index (Phi) is 5.16.